The number of aromatic nitrogens is 2. The van der Waals surface area contributed by atoms with Gasteiger partial charge in [0.2, 0.25) is 0 Å². The fraction of sp³-hybridized carbons (Fsp3) is 0.100. The Labute approximate surface area is 98.9 Å². The minimum Gasteiger partial charge on any atom is -0.398 e. The number of H-pyrrole nitrogens is 1. The number of hydrogen-bond acceptors (Lipinski definition) is 4. The largest absolute Gasteiger partial charge is 0.398 e. The number of anilines is 2. The summed E-state index contributed by atoms with van der Waals surface area (Å²) in [7, 11) is -3.61. The van der Waals surface area contributed by atoms with Gasteiger partial charge in [0, 0.05) is 11.9 Å². The maximum Gasteiger partial charge on any atom is 0.262 e. The molecule has 6 nitrogen and oxygen atoms in total. The molecule has 0 aliphatic rings. The van der Waals surface area contributed by atoms with E-state index in [0.717, 1.165) is 5.56 Å². The van der Waals surface area contributed by atoms with Crippen LogP contribution in [0.15, 0.2) is 35.5 Å². The van der Waals surface area contributed by atoms with Gasteiger partial charge in [0.05, 0.1) is 16.8 Å². The number of hydrogen-bond donors (Lipinski definition) is 3. The molecule has 2 aromatic rings. The molecule has 0 fully saturated rings. The van der Waals surface area contributed by atoms with Gasteiger partial charge in [0.1, 0.15) is 0 Å². The van der Waals surface area contributed by atoms with Gasteiger partial charge in [-0.05, 0) is 24.6 Å². The highest BCUT2D eigenvalue weighted by Gasteiger charge is 2.15. The molecule has 7 heteroatoms. The van der Waals surface area contributed by atoms with Gasteiger partial charge in [-0.1, -0.05) is 6.07 Å². The molecule has 90 valence electrons. The normalized spacial score (nSPS) is 11.4. The number of rotatable bonds is 3. The zero-order valence-corrected chi connectivity index (χ0v) is 9.95. The topological polar surface area (TPSA) is 101 Å². The maximum atomic E-state index is 12.0. The van der Waals surface area contributed by atoms with Crippen molar-refractivity contribution in [1.82, 2.24) is 10.2 Å². The molecule has 4 N–H and O–H groups in total. The van der Waals surface area contributed by atoms with E-state index in [1.165, 1.54) is 24.5 Å². The molecule has 0 radical (unpaired) electrons. The smallest absolute Gasteiger partial charge is 0.262 e. The van der Waals surface area contributed by atoms with Gasteiger partial charge in [-0.3, -0.25) is 9.82 Å². The van der Waals surface area contributed by atoms with Crippen molar-refractivity contribution >= 4 is 21.4 Å². The summed E-state index contributed by atoms with van der Waals surface area (Å²) in [6.45, 7) is 1.81. The average molecular weight is 252 g/mol. The molecule has 17 heavy (non-hydrogen) atoms. The minimum absolute atomic E-state index is 0.127. The summed E-state index contributed by atoms with van der Waals surface area (Å²) in [5.41, 5.74) is 7.34. The number of nitrogen functional groups attached to an aromatic ring is 1. The number of nitrogens with zero attached hydrogens (tertiary/aromatic N) is 1. The molecule has 0 aliphatic heterocycles. The van der Waals surface area contributed by atoms with Crippen LogP contribution in [0.3, 0.4) is 0 Å². The highest BCUT2D eigenvalue weighted by molar-refractivity contribution is 7.92. The molecule has 0 spiro atoms. The summed E-state index contributed by atoms with van der Waals surface area (Å²) in [5, 5.41) is 6.18. The summed E-state index contributed by atoms with van der Waals surface area (Å²) in [6, 6.07) is 4.60. The maximum absolute atomic E-state index is 12.0. The van der Waals surface area contributed by atoms with Crippen LogP contribution in [-0.2, 0) is 10.0 Å². The molecule has 1 heterocycles. The molecule has 0 unspecified atom stereocenters. The Morgan fingerprint density at radius 2 is 2.18 bits per heavy atom. The first kappa shape index (κ1) is 11.5. The van der Waals surface area contributed by atoms with Gasteiger partial charge in [0.25, 0.3) is 10.0 Å². The summed E-state index contributed by atoms with van der Waals surface area (Å²) < 4.78 is 26.3. The lowest BCUT2D eigenvalue weighted by atomic mass is 10.2. The third kappa shape index (κ3) is 2.39. The molecular weight excluding hydrogens is 240 g/mol. The van der Waals surface area contributed by atoms with Crippen molar-refractivity contribution < 1.29 is 8.42 Å². The Balaban J connectivity index is 2.35. The molecule has 2 rings (SSSR count). The standard InChI is InChI=1S/C10H12N4O2S/c1-7-2-3-9(4-10(7)11)17(15,16)14-8-5-12-13-6-8/h2-6,14H,11H2,1H3,(H,12,13). The van der Waals surface area contributed by atoms with Crippen molar-refractivity contribution in [2.75, 3.05) is 10.5 Å². The number of sulfonamides is 1. The highest BCUT2D eigenvalue weighted by atomic mass is 32.2. The fourth-order valence-corrected chi connectivity index (χ4v) is 2.38. The zero-order valence-electron chi connectivity index (χ0n) is 9.14. The van der Waals surface area contributed by atoms with E-state index in [0.29, 0.717) is 11.4 Å². The summed E-state index contributed by atoms with van der Waals surface area (Å²) in [5.74, 6) is 0. The van der Waals surface area contributed by atoms with Crippen LogP contribution in [0.25, 0.3) is 0 Å². The van der Waals surface area contributed by atoms with Gasteiger partial charge in [-0.2, -0.15) is 5.10 Å². The van der Waals surface area contributed by atoms with E-state index in [9.17, 15) is 8.42 Å². The van der Waals surface area contributed by atoms with Crippen molar-refractivity contribution in [2.24, 2.45) is 0 Å². The Hall–Kier alpha value is -2.02. The first-order chi connectivity index (χ1) is 7.99. The van der Waals surface area contributed by atoms with Gasteiger partial charge < -0.3 is 5.73 Å². The molecule has 1 aromatic heterocycles. The highest BCUT2D eigenvalue weighted by Crippen LogP contribution is 2.19. The van der Waals surface area contributed by atoms with Crippen molar-refractivity contribution in [2.45, 2.75) is 11.8 Å². The van der Waals surface area contributed by atoms with Crippen molar-refractivity contribution in [3.63, 3.8) is 0 Å². The molecule has 0 saturated heterocycles. The van der Waals surface area contributed by atoms with Crippen LogP contribution in [0.2, 0.25) is 0 Å². The van der Waals surface area contributed by atoms with E-state index in [-0.39, 0.29) is 4.90 Å². The first-order valence-corrected chi connectivity index (χ1v) is 6.35. The Kier molecular flexibility index (Phi) is 2.76. The van der Waals surface area contributed by atoms with Crippen molar-refractivity contribution in [1.29, 1.82) is 0 Å². The second-order valence-corrected chi connectivity index (χ2v) is 5.29. The molecule has 1 aromatic carbocycles. The van der Waals surface area contributed by atoms with Crippen LogP contribution >= 0.6 is 0 Å². The molecular formula is C10H12N4O2S. The van der Waals surface area contributed by atoms with E-state index in [4.69, 9.17) is 5.73 Å². The van der Waals surface area contributed by atoms with Crippen molar-refractivity contribution in [3.05, 3.63) is 36.2 Å². The van der Waals surface area contributed by atoms with Gasteiger partial charge in [-0.15, -0.1) is 0 Å². The molecule has 0 saturated carbocycles. The number of nitrogens with one attached hydrogen (secondary N) is 2. The number of nitrogens with two attached hydrogens (primary N) is 1. The van der Waals surface area contributed by atoms with Gasteiger partial charge in [0.15, 0.2) is 0 Å². The predicted molar refractivity (Wildman–Crippen MR) is 65.0 cm³/mol. The lowest BCUT2D eigenvalue weighted by molar-refractivity contribution is 0.601. The van der Waals surface area contributed by atoms with Crippen LogP contribution in [0.1, 0.15) is 5.56 Å². The van der Waals surface area contributed by atoms with Crippen LogP contribution in [-0.4, -0.2) is 18.6 Å². The zero-order chi connectivity index (χ0) is 12.5. The minimum atomic E-state index is -3.61. The lowest BCUT2D eigenvalue weighted by Gasteiger charge is -2.07. The van der Waals surface area contributed by atoms with Crippen LogP contribution in [0, 0.1) is 6.92 Å². The molecule has 0 atom stereocenters. The quantitative estimate of drug-likeness (QED) is 0.712. The van der Waals surface area contributed by atoms with E-state index >= 15 is 0 Å². The van der Waals surface area contributed by atoms with Crippen LogP contribution < -0.4 is 10.5 Å². The monoisotopic (exact) mass is 252 g/mol. The summed E-state index contributed by atoms with van der Waals surface area (Å²) in [6.07, 6.45) is 2.84. The SMILES string of the molecule is Cc1ccc(S(=O)(=O)Nc2cn[nH]c2)cc1N. The summed E-state index contributed by atoms with van der Waals surface area (Å²) >= 11 is 0. The van der Waals surface area contributed by atoms with Crippen LogP contribution in [0.4, 0.5) is 11.4 Å². The van der Waals surface area contributed by atoms with E-state index in [1.54, 1.807) is 6.07 Å². The third-order valence-electron chi connectivity index (χ3n) is 2.31. The van der Waals surface area contributed by atoms with Gasteiger partial charge >= 0.3 is 0 Å². The summed E-state index contributed by atoms with van der Waals surface area (Å²) in [4.78, 5) is 0.127. The Morgan fingerprint density at radius 1 is 1.41 bits per heavy atom. The molecule has 0 aliphatic carbocycles. The van der Waals surface area contributed by atoms with Crippen molar-refractivity contribution in [3.8, 4) is 0 Å². The lowest BCUT2D eigenvalue weighted by Crippen LogP contribution is -2.12. The number of aryl methyl sites for hydroxylation is 1. The fourth-order valence-electron chi connectivity index (χ4n) is 1.31. The Morgan fingerprint density at radius 3 is 2.76 bits per heavy atom. The number of benzene rings is 1. The van der Waals surface area contributed by atoms with E-state index < -0.39 is 10.0 Å². The third-order valence-corrected chi connectivity index (χ3v) is 3.69. The number of aromatic amines is 1. The van der Waals surface area contributed by atoms with E-state index in [1.807, 2.05) is 6.92 Å². The van der Waals surface area contributed by atoms with Gasteiger partial charge in [-0.25, -0.2) is 8.42 Å². The second kappa shape index (κ2) is 4.10. The van der Waals surface area contributed by atoms with Crippen LogP contribution in [0.5, 0.6) is 0 Å². The average Bonchev–Trinajstić information content (AvgIpc) is 2.73. The molecule has 0 amide bonds. The first-order valence-electron chi connectivity index (χ1n) is 4.87. The predicted octanol–water partition coefficient (Wildman–Crippen LogP) is 1.10. The Bertz CT molecular complexity index is 620. The second-order valence-electron chi connectivity index (χ2n) is 3.61. The molecule has 0 bridgehead atoms. The van der Waals surface area contributed by atoms with E-state index in [2.05, 4.69) is 14.9 Å².